The first-order chi connectivity index (χ1) is 34.0. The predicted molar refractivity (Wildman–Crippen MR) is 301 cm³/mol. The van der Waals surface area contributed by atoms with Crippen molar-refractivity contribution in [2.45, 2.75) is 341 Å². The quantitative estimate of drug-likeness (QED) is 0.0321. The topological polar surface area (TPSA) is 95.9 Å². The number of ether oxygens (including phenoxy) is 1. The number of rotatable bonds is 57. The van der Waals surface area contributed by atoms with Crippen LogP contribution in [0.4, 0.5) is 0 Å². The van der Waals surface area contributed by atoms with Gasteiger partial charge in [0.05, 0.1) is 25.4 Å². The molecule has 0 aliphatic rings. The van der Waals surface area contributed by atoms with Crippen molar-refractivity contribution in [3.05, 3.63) is 36.5 Å². The lowest BCUT2D eigenvalue weighted by Crippen LogP contribution is -2.45. The fraction of sp³-hybridized carbons (Fsp3) is 0.873. The minimum absolute atomic E-state index is 0.0137. The molecule has 2 atom stereocenters. The molecule has 0 saturated heterocycles. The number of aliphatic hydroxyl groups is 2. The molecular weight excluding hydrogens is 851 g/mol. The third-order valence-corrected chi connectivity index (χ3v) is 14.1. The number of esters is 1. The molecule has 0 saturated carbocycles. The minimum Gasteiger partial charge on any atom is -0.466 e. The van der Waals surface area contributed by atoms with E-state index >= 15 is 0 Å². The fourth-order valence-corrected chi connectivity index (χ4v) is 9.38. The predicted octanol–water partition coefficient (Wildman–Crippen LogP) is 19.2. The van der Waals surface area contributed by atoms with E-state index in [1.54, 1.807) is 6.08 Å². The van der Waals surface area contributed by atoms with Gasteiger partial charge in [-0.2, -0.15) is 0 Å². The van der Waals surface area contributed by atoms with Gasteiger partial charge >= 0.3 is 5.97 Å². The van der Waals surface area contributed by atoms with Crippen molar-refractivity contribution >= 4 is 11.9 Å². The van der Waals surface area contributed by atoms with Gasteiger partial charge in [0.1, 0.15) is 0 Å². The lowest BCUT2D eigenvalue weighted by molar-refractivity contribution is -0.143. The highest BCUT2D eigenvalue weighted by atomic mass is 16.5. The van der Waals surface area contributed by atoms with Gasteiger partial charge in [-0.05, 0) is 77.0 Å². The van der Waals surface area contributed by atoms with Gasteiger partial charge in [0.15, 0.2) is 0 Å². The smallest absolute Gasteiger partial charge is 0.305 e. The van der Waals surface area contributed by atoms with Crippen LogP contribution in [0.2, 0.25) is 0 Å². The summed E-state index contributed by atoms with van der Waals surface area (Å²) >= 11 is 0. The molecule has 0 radical (unpaired) electrons. The van der Waals surface area contributed by atoms with Crippen molar-refractivity contribution in [2.75, 3.05) is 13.2 Å². The van der Waals surface area contributed by atoms with Crippen molar-refractivity contribution < 1.29 is 24.5 Å². The standard InChI is InChI=1S/C63H119NO5/c1-3-5-7-9-11-13-15-16-17-18-19-20-21-22-23-24-26-29-32-36-39-43-47-51-55-61(66)60(59-65)64-62(67)56-52-48-44-40-37-33-30-27-25-28-31-34-38-42-46-50-54-58-69-63(68)57-53-49-45-41-35-14-12-10-8-6-4-2/h10,12,25,28,51,55,60-61,65-66H,3-9,11,13-24,26-27,29-50,52-54,56-59H2,1-2H3,(H,64,67)/b12-10-,28-25-,55-51+. The van der Waals surface area contributed by atoms with Crippen LogP contribution in [0.5, 0.6) is 0 Å². The van der Waals surface area contributed by atoms with E-state index in [0.717, 1.165) is 57.8 Å². The van der Waals surface area contributed by atoms with E-state index in [1.165, 1.54) is 244 Å². The monoisotopic (exact) mass is 970 g/mol. The Morgan fingerprint density at radius 2 is 0.696 bits per heavy atom. The first kappa shape index (κ1) is 67.1. The van der Waals surface area contributed by atoms with E-state index in [0.29, 0.717) is 19.4 Å². The summed E-state index contributed by atoms with van der Waals surface area (Å²) < 4.78 is 5.44. The van der Waals surface area contributed by atoms with Crippen LogP contribution in [0.15, 0.2) is 36.5 Å². The van der Waals surface area contributed by atoms with Crippen molar-refractivity contribution in [3.63, 3.8) is 0 Å². The molecule has 0 rings (SSSR count). The van der Waals surface area contributed by atoms with E-state index in [-0.39, 0.29) is 18.5 Å². The van der Waals surface area contributed by atoms with Gasteiger partial charge in [-0.3, -0.25) is 9.59 Å². The number of allylic oxidation sites excluding steroid dienone is 5. The SMILES string of the molecule is CCCC/C=C\CCCCCCCC(=O)OCCCCCCCC/C=C\CCCCCCCCCC(=O)NC(CO)C(O)/C=C/CCCCCCCCCCCCCCCCCCCCCCCC. The molecule has 6 nitrogen and oxygen atoms in total. The molecule has 0 aliphatic heterocycles. The van der Waals surface area contributed by atoms with Crippen molar-refractivity contribution in [1.82, 2.24) is 5.32 Å². The zero-order chi connectivity index (χ0) is 50.0. The second-order valence-corrected chi connectivity index (χ2v) is 21.0. The largest absolute Gasteiger partial charge is 0.466 e. The van der Waals surface area contributed by atoms with Crippen molar-refractivity contribution in [2.24, 2.45) is 0 Å². The minimum atomic E-state index is -0.854. The molecule has 0 aromatic carbocycles. The average Bonchev–Trinajstić information content (AvgIpc) is 3.35. The number of nitrogens with one attached hydrogen (secondary N) is 1. The van der Waals surface area contributed by atoms with Crippen LogP contribution in [0.1, 0.15) is 328 Å². The van der Waals surface area contributed by atoms with Crippen LogP contribution < -0.4 is 5.32 Å². The summed E-state index contributed by atoms with van der Waals surface area (Å²) in [7, 11) is 0. The Bertz CT molecular complexity index is 1120. The second kappa shape index (κ2) is 58.6. The van der Waals surface area contributed by atoms with Gasteiger partial charge in [0.2, 0.25) is 5.91 Å². The van der Waals surface area contributed by atoms with Gasteiger partial charge in [-0.1, -0.05) is 275 Å². The number of carbonyl (C=O) groups is 2. The highest BCUT2D eigenvalue weighted by Gasteiger charge is 2.18. The third-order valence-electron chi connectivity index (χ3n) is 14.1. The highest BCUT2D eigenvalue weighted by Crippen LogP contribution is 2.17. The molecule has 0 heterocycles. The van der Waals surface area contributed by atoms with Crippen molar-refractivity contribution in [1.29, 1.82) is 0 Å². The van der Waals surface area contributed by atoms with Gasteiger partial charge in [-0.15, -0.1) is 0 Å². The molecule has 0 spiro atoms. The van der Waals surface area contributed by atoms with E-state index < -0.39 is 12.1 Å². The maximum atomic E-state index is 12.5. The molecule has 0 aliphatic carbocycles. The molecule has 3 N–H and O–H groups in total. The molecule has 0 bridgehead atoms. The number of unbranched alkanes of at least 4 members (excludes halogenated alkanes) is 42. The molecule has 2 unspecified atom stereocenters. The van der Waals surface area contributed by atoms with E-state index in [9.17, 15) is 19.8 Å². The maximum Gasteiger partial charge on any atom is 0.305 e. The molecule has 6 heteroatoms. The first-order valence-electron chi connectivity index (χ1n) is 30.8. The number of carbonyl (C=O) groups excluding carboxylic acids is 2. The number of amides is 1. The Morgan fingerprint density at radius 3 is 1.07 bits per heavy atom. The highest BCUT2D eigenvalue weighted by molar-refractivity contribution is 5.76. The molecule has 1 amide bonds. The van der Waals surface area contributed by atoms with Crippen LogP contribution in [0, 0.1) is 0 Å². The number of hydrogen-bond donors (Lipinski definition) is 3. The van der Waals surface area contributed by atoms with Gasteiger partial charge in [-0.25, -0.2) is 0 Å². The first-order valence-corrected chi connectivity index (χ1v) is 30.8. The summed E-state index contributed by atoms with van der Waals surface area (Å²) in [6.45, 7) is 4.86. The summed E-state index contributed by atoms with van der Waals surface area (Å²) in [5.74, 6) is -0.0913. The molecule has 0 fully saturated rings. The Kier molecular flexibility index (Phi) is 57.0. The molecule has 0 aromatic rings. The average molecular weight is 971 g/mol. The van der Waals surface area contributed by atoms with E-state index in [2.05, 4.69) is 43.5 Å². The summed E-state index contributed by atoms with van der Waals surface area (Å²) in [6.07, 6.45) is 73.2. The van der Waals surface area contributed by atoms with E-state index in [4.69, 9.17) is 4.74 Å². The van der Waals surface area contributed by atoms with Gasteiger partial charge in [0.25, 0.3) is 0 Å². The Hall–Kier alpha value is -1.92. The lowest BCUT2D eigenvalue weighted by atomic mass is 10.0. The van der Waals surface area contributed by atoms with E-state index in [1.807, 2.05) is 6.08 Å². The molecule has 0 aromatic heterocycles. The summed E-state index contributed by atoms with van der Waals surface area (Å²) in [5.41, 5.74) is 0. The zero-order valence-corrected chi connectivity index (χ0v) is 46.3. The lowest BCUT2D eigenvalue weighted by Gasteiger charge is -2.20. The van der Waals surface area contributed by atoms with Crippen molar-refractivity contribution in [3.8, 4) is 0 Å². The summed E-state index contributed by atoms with van der Waals surface area (Å²) in [6, 6.07) is -0.638. The van der Waals surface area contributed by atoms with Gasteiger partial charge in [0, 0.05) is 12.8 Å². The Labute approximate surface area is 430 Å². The summed E-state index contributed by atoms with van der Waals surface area (Å²) in [5, 5.41) is 23.2. The fourth-order valence-electron chi connectivity index (χ4n) is 9.38. The number of hydrogen-bond acceptors (Lipinski definition) is 5. The van der Waals surface area contributed by atoms with Crippen LogP contribution >= 0.6 is 0 Å². The Morgan fingerprint density at radius 1 is 0.391 bits per heavy atom. The second-order valence-electron chi connectivity index (χ2n) is 21.0. The van der Waals surface area contributed by atoms with Crippen LogP contribution in [0.25, 0.3) is 0 Å². The van der Waals surface area contributed by atoms with Gasteiger partial charge < -0.3 is 20.3 Å². The molecular formula is C63H119NO5. The normalized spacial score (nSPS) is 12.8. The summed E-state index contributed by atoms with van der Waals surface area (Å²) in [4.78, 5) is 24.5. The van der Waals surface area contributed by atoms with Crippen LogP contribution in [-0.2, 0) is 14.3 Å². The van der Waals surface area contributed by atoms with Crippen LogP contribution in [-0.4, -0.2) is 47.4 Å². The van der Waals surface area contributed by atoms with Crippen LogP contribution in [0.3, 0.4) is 0 Å². The molecule has 406 valence electrons. The molecule has 69 heavy (non-hydrogen) atoms. The number of aliphatic hydroxyl groups excluding tert-OH is 2. The maximum absolute atomic E-state index is 12.5. The zero-order valence-electron chi connectivity index (χ0n) is 46.3. The Balaban J connectivity index is 3.50. The third kappa shape index (κ3) is 55.2.